The zero-order valence-electron chi connectivity index (χ0n) is 12.1. The van der Waals surface area contributed by atoms with Crippen molar-refractivity contribution in [3.63, 3.8) is 0 Å². The summed E-state index contributed by atoms with van der Waals surface area (Å²) >= 11 is 0. The maximum atomic E-state index is 5.21. The number of methoxy groups -OCH3 is 1. The maximum absolute atomic E-state index is 5.21. The van der Waals surface area contributed by atoms with Crippen LogP contribution in [-0.4, -0.2) is 13.2 Å². The van der Waals surface area contributed by atoms with Gasteiger partial charge in [0.15, 0.2) is 0 Å². The Morgan fingerprint density at radius 2 is 1.85 bits per heavy atom. The van der Waals surface area contributed by atoms with E-state index in [0.29, 0.717) is 0 Å². The fourth-order valence-corrected chi connectivity index (χ4v) is 2.48. The SMILES string of the molecule is COc1ccc(-c2ccc(CNC3CC3)cc2C)cc1. The van der Waals surface area contributed by atoms with E-state index in [1.165, 1.54) is 35.1 Å². The van der Waals surface area contributed by atoms with Crippen molar-refractivity contribution in [1.82, 2.24) is 5.32 Å². The number of benzene rings is 2. The molecule has 1 aliphatic carbocycles. The number of aryl methyl sites for hydroxylation is 1. The molecule has 20 heavy (non-hydrogen) atoms. The third-order valence-corrected chi connectivity index (χ3v) is 3.86. The van der Waals surface area contributed by atoms with Crippen LogP contribution in [0.2, 0.25) is 0 Å². The van der Waals surface area contributed by atoms with Crippen molar-refractivity contribution in [2.45, 2.75) is 32.4 Å². The Morgan fingerprint density at radius 1 is 1.10 bits per heavy atom. The third kappa shape index (κ3) is 3.02. The van der Waals surface area contributed by atoms with E-state index in [1.807, 2.05) is 12.1 Å². The van der Waals surface area contributed by atoms with Crippen LogP contribution >= 0.6 is 0 Å². The average molecular weight is 267 g/mol. The van der Waals surface area contributed by atoms with Crippen molar-refractivity contribution in [2.75, 3.05) is 7.11 Å². The summed E-state index contributed by atoms with van der Waals surface area (Å²) in [6.07, 6.45) is 2.67. The predicted octanol–water partition coefficient (Wildman–Crippen LogP) is 3.92. The Labute approximate surface area is 120 Å². The third-order valence-electron chi connectivity index (χ3n) is 3.86. The maximum Gasteiger partial charge on any atom is 0.118 e. The second-order valence-electron chi connectivity index (χ2n) is 5.53. The van der Waals surface area contributed by atoms with Gasteiger partial charge in [0.05, 0.1) is 7.11 Å². The molecule has 0 radical (unpaired) electrons. The van der Waals surface area contributed by atoms with Gasteiger partial charge >= 0.3 is 0 Å². The van der Waals surface area contributed by atoms with Crippen LogP contribution in [0.25, 0.3) is 11.1 Å². The molecule has 0 saturated heterocycles. The van der Waals surface area contributed by atoms with Crippen LogP contribution in [0.5, 0.6) is 5.75 Å². The van der Waals surface area contributed by atoms with Crippen molar-refractivity contribution < 1.29 is 4.74 Å². The highest BCUT2D eigenvalue weighted by atomic mass is 16.5. The van der Waals surface area contributed by atoms with Gasteiger partial charge in [0.2, 0.25) is 0 Å². The fourth-order valence-electron chi connectivity index (χ4n) is 2.48. The van der Waals surface area contributed by atoms with Gasteiger partial charge in [-0.15, -0.1) is 0 Å². The van der Waals surface area contributed by atoms with Crippen LogP contribution in [0.3, 0.4) is 0 Å². The van der Waals surface area contributed by atoms with Crippen molar-refractivity contribution in [3.05, 3.63) is 53.6 Å². The van der Waals surface area contributed by atoms with Crippen LogP contribution < -0.4 is 10.1 Å². The molecule has 0 spiro atoms. The molecular formula is C18H21NO. The molecule has 104 valence electrons. The van der Waals surface area contributed by atoms with Crippen molar-refractivity contribution in [2.24, 2.45) is 0 Å². The summed E-state index contributed by atoms with van der Waals surface area (Å²) in [6, 6.07) is 15.7. The molecule has 0 atom stereocenters. The molecule has 1 fully saturated rings. The normalized spacial score (nSPS) is 14.3. The van der Waals surface area contributed by atoms with Crippen molar-refractivity contribution >= 4 is 0 Å². The molecule has 0 amide bonds. The summed E-state index contributed by atoms with van der Waals surface area (Å²) in [5.74, 6) is 0.900. The highest BCUT2D eigenvalue weighted by molar-refractivity contribution is 5.68. The number of nitrogens with one attached hydrogen (secondary N) is 1. The summed E-state index contributed by atoms with van der Waals surface area (Å²) in [5, 5.41) is 3.56. The van der Waals surface area contributed by atoms with Crippen LogP contribution in [0, 0.1) is 6.92 Å². The van der Waals surface area contributed by atoms with Gasteiger partial charge in [-0.25, -0.2) is 0 Å². The van der Waals surface area contributed by atoms with E-state index >= 15 is 0 Å². The Bertz CT molecular complexity index is 585. The van der Waals surface area contributed by atoms with Gasteiger partial charge < -0.3 is 10.1 Å². The molecule has 3 rings (SSSR count). The number of hydrogen-bond donors (Lipinski definition) is 1. The first kappa shape index (κ1) is 13.2. The predicted molar refractivity (Wildman–Crippen MR) is 83.0 cm³/mol. The first-order valence-electron chi connectivity index (χ1n) is 7.23. The summed E-state index contributed by atoms with van der Waals surface area (Å²) in [5.41, 5.74) is 5.23. The average Bonchev–Trinajstić information content (AvgIpc) is 3.30. The number of hydrogen-bond acceptors (Lipinski definition) is 2. The molecule has 2 heteroatoms. The molecule has 0 aromatic heterocycles. The lowest BCUT2D eigenvalue weighted by Crippen LogP contribution is -2.15. The molecule has 0 aliphatic heterocycles. The van der Waals surface area contributed by atoms with E-state index in [-0.39, 0.29) is 0 Å². The minimum atomic E-state index is 0.761. The van der Waals surface area contributed by atoms with Gasteiger partial charge in [-0.1, -0.05) is 30.3 Å². The molecule has 1 saturated carbocycles. The van der Waals surface area contributed by atoms with Gasteiger partial charge in [0.1, 0.15) is 5.75 Å². The zero-order valence-corrected chi connectivity index (χ0v) is 12.1. The van der Waals surface area contributed by atoms with E-state index in [1.54, 1.807) is 7.11 Å². The minimum absolute atomic E-state index is 0.761. The Hall–Kier alpha value is -1.80. The van der Waals surface area contributed by atoms with Crippen LogP contribution in [-0.2, 0) is 6.54 Å². The van der Waals surface area contributed by atoms with Crippen LogP contribution in [0.4, 0.5) is 0 Å². The molecule has 0 bridgehead atoms. The van der Waals surface area contributed by atoms with E-state index in [9.17, 15) is 0 Å². The Morgan fingerprint density at radius 3 is 2.45 bits per heavy atom. The zero-order chi connectivity index (χ0) is 13.9. The highest BCUT2D eigenvalue weighted by Crippen LogP contribution is 2.26. The highest BCUT2D eigenvalue weighted by Gasteiger charge is 2.19. The lowest BCUT2D eigenvalue weighted by atomic mass is 9.98. The summed E-state index contributed by atoms with van der Waals surface area (Å²) in [7, 11) is 1.70. The van der Waals surface area contributed by atoms with Crippen molar-refractivity contribution in [3.8, 4) is 16.9 Å². The summed E-state index contributed by atoms with van der Waals surface area (Å²) < 4.78 is 5.21. The summed E-state index contributed by atoms with van der Waals surface area (Å²) in [4.78, 5) is 0. The molecule has 0 heterocycles. The second kappa shape index (κ2) is 5.68. The molecule has 0 unspecified atom stereocenters. The Balaban J connectivity index is 1.77. The number of rotatable bonds is 5. The molecular weight excluding hydrogens is 246 g/mol. The molecule has 2 aromatic rings. The van der Waals surface area contributed by atoms with Gasteiger partial charge in [-0.3, -0.25) is 0 Å². The lowest BCUT2D eigenvalue weighted by Gasteiger charge is -2.10. The molecule has 1 N–H and O–H groups in total. The molecule has 1 aliphatic rings. The minimum Gasteiger partial charge on any atom is -0.497 e. The second-order valence-corrected chi connectivity index (χ2v) is 5.53. The summed E-state index contributed by atoms with van der Waals surface area (Å²) in [6.45, 7) is 3.16. The molecule has 2 aromatic carbocycles. The van der Waals surface area contributed by atoms with E-state index in [2.05, 4.69) is 42.6 Å². The smallest absolute Gasteiger partial charge is 0.118 e. The van der Waals surface area contributed by atoms with Gasteiger partial charge in [-0.2, -0.15) is 0 Å². The standard InChI is InChI=1S/C18H21NO/c1-13-11-14(12-19-16-6-7-16)3-10-18(13)15-4-8-17(20-2)9-5-15/h3-5,8-11,16,19H,6-7,12H2,1-2H3. The first-order valence-corrected chi connectivity index (χ1v) is 7.23. The number of ether oxygens (including phenoxy) is 1. The Kier molecular flexibility index (Phi) is 3.75. The van der Waals surface area contributed by atoms with Gasteiger partial charge in [0, 0.05) is 12.6 Å². The van der Waals surface area contributed by atoms with E-state index in [0.717, 1.165) is 18.3 Å². The van der Waals surface area contributed by atoms with Crippen LogP contribution in [0.1, 0.15) is 24.0 Å². The monoisotopic (exact) mass is 267 g/mol. The quantitative estimate of drug-likeness (QED) is 0.886. The lowest BCUT2D eigenvalue weighted by molar-refractivity contribution is 0.415. The van der Waals surface area contributed by atoms with Gasteiger partial charge in [0.25, 0.3) is 0 Å². The van der Waals surface area contributed by atoms with Gasteiger partial charge in [-0.05, 0) is 54.2 Å². The van der Waals surface area contributed by atoms with Crippen LogP contribution in [0.15, 0.2) is 42.5 Å². The van der Waals surface area contributed by atoms with Crippen molar-refractivity contribution in [1.29, 1.82) is 0 Å². The largest absolute Gasteiger partial charge is 0.497 e. The first-order chi connectivity index (χ1) is 9.76. The fraction of sp³-hybridized carbons (Fsp3) is 0.333. The molecule has 2 nitrogen and oxygen atoms in total. The van der Waals surface area contributed by atoms with E-state index < -0.39 is 0 Å². The topological polar surface area (TPSA) is 21.3 Å². The van der Waals surface area contributed by atoms with E-state index in [4.69, 9.17) is 4.74 Å².